The molecule has 2 aromatic rings. The Kier molecular flexibility index (Phi) is 8.41. The van der Waals surface area contributed by atoms with E-state index in [9.17, 15) is 0 Å². The minimum Gasteiger partial charge on any atom is -0.491 e. The van der Waals surface area contributed by atoms with Gasteiger partial charge < -0.3 is 15.4 Å². The third-order valence-corrected chi connectivity index (χ3v) is 5.20. The highest BCUT2D eigenvalue weighted by molar-refractivity contribution is 7.11. The predicted molar refractivity (Wildman–Crippen MR) is 111 cm³/mol. The van der Waals surface area contributed by atoms with Gasteiger partial charge in [0, 0.05) is 31.1 Å². The second kappa shape index (κ2) is 10.8. The third kappa shape index (κ3) is 6.33. The fourth-order valence-corrected chi connectivity index (χ4v) is 3.42. The van der Waals surface area contributed by atoms with Gasteiger partial charge in [-0.15, -0.1) is 11.3 Å². The summed E-state index contributed by atoms with van der Waals surface area (Å²) in [7, 11) is 1.78. The second-order valence-corrected chi connectivity index (χ2v) is 7.49. The van der Waals surface area contributed by atoms with Crippen LogP contribution in [0.1, 0.15) is 42.1 Å². The van der Waals surface area contributed by atoms with Crippen LogP contribution in [0.4, 0.5) is 0 Å². The van der Waals surface area contributed by atoms with E-state index >= 15 is 0 Å². The highest BCUT2D eigenvalue weighted by atomic mass is 32.1. The number of hydrogen-bond donors (Lipinski definition) is 2. The number of guanidine groups is 1. The van der Waals surface area contributed by atoms with Crippen molar-refractivity contribution < 1.29 is 4.74 Å². The van der Waals surface area contributed by atoms with Gasteiger partial charge in [-0.2, -0.15) is 0 Å². The maximum Gasteiger partial charge on any atom is 0.191 e. The van der Waals surface area contributed by atoms with Crippen LogP contribution in [0.2, 0.25) is 0 Å². The van der Waals surface area contributed by atoms with E-state index in [1.54, 1.807) is 18.4 Å². The van der Waals surface area contributed by atoms with Crippen molar-refractivity contribution >= 4 is 17.3 Å². The molecule has 1 aromatic heterocycles. The van der Waals surface area contributed by atoms with Crippen molar-refractivity contribution in [3.63, 3.8) is 0 Å². The average Bonchev–Trinajstić information content (AvgIpc) is 3.11. The fourth-order valence-electron chi connectivity index (χ4n) is 2.55. The Morgan fingerprint density at radius 1 is 1.23 bits per heavy atom. The number of aliphatic imine (C=N–C) groups is 1. The summed E-state index contributed by atoms with van der Waals surface area (Å²) in [5.41, 5.74) is 1.24. The van der Waals surface area contributed by atoms with E-state index in [-0.39, 0.29) is 0 Å². The van der Waals surface area contributed by atoms with Gasteiger partial charge in [0.25, 0.3) is 0 Å². The monoisotopic (exact) mass is 374 g/mol. The van der Waals surface area contributed by atoms with E-state index in [2.05, 4.69) is 53.5 Å². The van der Waals surface area contributed by atoms with Crippen molar-refractivity contribution in [2.75, 3.05) is 26.7 Å². The summed E-state index contributed by atoms with van der Waals surface area (Å²) < 4.78 is 5.93. The maximum absolute atomic E-state index is 5.93. The van der Waals surface area contributed by atoms with Crippen LogP contribution in [-0.2, 0) is 12.8 Å². The van der Waals surface area contributed by atoms with Gasteiger partial charge in [0.2, 0.25) is 0 Å². The quantitative estimate of drug-likeness (QED) is 0.400. The van der Waals surface area contributed by atoms with Crippen LogP contribution in [0.25, 0.3) is 0 Å². The van der Waals surface area contributed by atoms with Crippen molar-refractivity contribution in [2.45, 2.75) is 39.5 Å². The molecule has 0 aliphatic heterocycles. The van der Waals surface area contributed by atoms with Gasteiger partial charge in [0.1, 0.15) is 12.4 Å². The highest BCUT2D eigenvalue weighted by Gasteiger charge is 2.07. The Balaban J connectivity index is 1.69. The van der Waals surface area contributed by atoms with Crippen molar-refractivity contribution in [3.05, 3.63) is 45.9 Å². The predicted octanol–water partition coefficient (Wildman–Crippen LogP) is 3.62. The molecule has 0 spiro atoms. The van der Waals surface area contributed by atoms with E-state index in [4.69, 9.17) is 4.74 Å². The number of aromatic nitrogens is 1. The minimum absolute atomic E-state index is 0.452. The molecule has 2 N–H and O–H groups in total. The lowest BCUT2D eigenvalue weighted by molar-refractivity contribution is 0.317. The fraction of sp³-hybridized carbons (Fsp3) is 0.500. The first-order valence-corrected chi connectivity index (χ1v) is 10.1. The number of nitrogens with zero attached hydrogens (tertiary/aromatic N) is 2. The molecule has 0 fully saturated rings. The third-order valence-electron chi connectivity index (χ3n) is 4.00. The van der Waals surface area contributed by atoms with Crippen molar-refractivity contribution in [1.29, 1.82) is 0 Å². The average molecular weight is 375 g/mol. The SMILES string of the molecule is CCc1cnc(CCNC(=NC)NCCOc2ccccc2C(C)C)s1. The van der Waals surface area contributed by atoms with E-state index < -0.39 is 0 Å². The van der Waals surface area contributed by atoms with Crippen LogP contribution in [0.5, 0.6) is 5.75 Å². The smallest absolute Gasteiger partial charge is 0.191 e. The van der Waals surface area contributed by atoms with Gasteiger partial charge in [-0.05, 0) is 24.0 Å². The van der Waals surface area contributed by atoms with Crippen LogP contribution in [0.15, 0.2) is 35.5 Å². The first-order valence-electron chi connectivity index (χ1n) is 9.23. The number of hydrogen-bond acceptors (Lipinski definition) is 4. The van der Waals surface area contributed by atoms with Crippen LogP contribution in [-0.4, -0.2) is 37.7 Å². The van der Waals surface area contributed by atoms with Gasteiger partial charge >= 0.3 is 0 Å². The lowest BCUT2D eigenvalue weighted by atomic mass is 10.0. The molecule has 6 heteroatoms. The van der Waals surface area contributed by atoms with Crippen LogP contribution < -0.4 is 15.4 Å². The number of ether oxygens (including phenoxy) is 1. The molecule has 142 valence electrons. The summed E-state index contributed by atoms with van der Waals surface area (Å²) in [6, 6.07) is 8.22. The van der Waals surface area contributed by atoms with E-state index in [1.165, 1.54) is 15.4 Å². The number of thiazole rings is 1. The molecule has 0 unspecified atom stereocenters. The summed E-state index contributed by atoms with van der Waals surface area (Å²) in [5.74, 6) is 2.20. The topological polar surface area (TPSA) is 58.5 Å². The normalized spacial score (nSPS) is 11.7. The van der Waals surface area contributed by atoms with E-state index in [1.807, 2.05) is 18.3 Å². The van der Waals surface area contributed by atoms with Gasteiger partial charge in [-0.25, -0.2) is 4.98 Å². The van der Waals surface area contributed by atoms with Crippen LogP contribution in [0, 0.1) is 0 Å². The number of benzene rings is 1. The van der Waals surface area contributed by atoms with Crippen LogP contribution >= 0.6 is 11.3 Å². The molecule has 0 aliphatic rings. The Morgan fingerprint density at radius 3 is 2.69 bits per heavy atom. The molecule has 0 saturated heterocycles. The zero-order valence-electron chi connectivity index (χ0n) is 16.2. The van der Waals surface area contributed by atoms with Crippen molar-refractivity contribution in [3.8, 4) is 5.75 Å². The molecule has 5 nitrogen and oxygen atoms in total. The molecule has 0 amide bonds. The molecule has 1 heterocycles. The lowest BCUT2D eigenvalue weighted by Gasteiger charge is -2.15. The minimum atomic E-state index is 0.452. The highest BCUT2D eigenvalue weighted by Crippen LogP contribution is 2.25. The van der Waals surface area contributed by atoms with Gasteiger partial charge in [0.15, 0.2) is 5.96 Å². The molecular weight excluding hydrogens is 344 g/mol. The molecule has 0 aliphatic carbocycles. The summed E-state index contributed by atoms with van der Waals surface area (Å²) >= 11 is 1.78. The van der Waals surface area contributed by atoms with Crippen molar-refractivity contribution in [1.82, 2.24) is 15.6 Å². The zero-order chi connectivity index (χ0) is 18.8. The molecule has 26 heavy (non-hydrogen) atoms. The molecule has 1 aromatic carbocycles. The largest absolute Gasteiger partial charge is 0.491 e. The van der Waals surface area contributed by atoms with E-state index in [0.29, 0.717) is 19.1 Å². The molecular formula is C20H30N4OS. The molecule has 0 atom stereocenters. The summed E-state index contributed by atoms with van der Waals surface area (Å²) in [6.45, 7) is 8.62. The maximum atomic E-state index is 5.93. The van der Waals surface area contributed by atoms with Gasteiger partial charge in [-0.3, -0.25) is 4.99 Å². The van der Waals surface area contributed by atoms with Gasteiger partial charge in [0.05, 0.1) is 11.6 Å². The van der Waals surface area contributed by atoms with Crippen LogP contribution in [0.3, 0.4) is 0 Å². The lowest BCUT2D eigenvalue weighted by Crippen LogP contribution is -2.40. The van der Waals surface area contributed by atoms with Crippen molar-refractivity contribution in [2.24, 2.45) is 4.99 Å². The Bertz CT molecular complexity index is 697. The summed E-state index contributed by atoms with van der Waals surface area (Å²) in [4.78, 5) is 10.0. The molecule has 0 saturated carbocycles. The Labute approximate surface area is 160 Å². The number of rotatable bonds is 9. The molecule has 2 rings (SSSR count). The standard InChI is InChI=1S/C20H30N4OS/c1-5-16-14-24-19(26-16)10-11-22-20(21-4)23-12-13-25-18-9-7-6-8-17(18)15(2)3/h6-9,14-15H,5,10-13H2,1-4H3,(H2,21,22,23). The zero-order valence-corrected chi connectivity index (χ0v) is 17.0. The number of nitrogens with one attached hydrogen (secondary N) is 2. The van der Waals surface area contributed by atoms with E-state index in [0.717, 1.165) is 31.1 Å². The molecule has 0 bridgehead atoms. The Morgan fingerprint density at radius 2 is 2.00 bits per heavy atom. The Hall–Kier alpha value is -2.08. The van der Waals surface area contributed by atoms with Gasteiger partial charge in [-0.1, -0.05) is 39.0 Å². The first-order chi connectivity index (χ1) is 12.6. The molecule has 0 radical (unpaired) electrons. The first kappa shape index (κ1) is 20.2. The number of aryl methyl sites for hydroxylation is 1. The summed E-state index contributed by atoms with van der Waals surface area (Å²) in [6.07, 6.45) is 3.93. The number of para-hydroxylation sites is 1. The second-order valence-electron chi connectivity index (χ2n) is 6.29. The summed E-state index contributed by atoms with van der Waals surface area (Å²) in [5, 5.41) is 7.78.